The maximum absolute atomic E-state index is 11.9. The molecule has 1 aromatic carbocycles. The molecule has 0 aliphatic rings. The number of carbonyl (C=O) groups excluding carboxylic acids is 1. The largest absolute Gasteiger partial charge is 0.461 e. The minimum atomic E-state index is -3.85. The molecular weight excluding hydrogens is 254 g/mol. The number of hydrogen-bond acceptors (Lipinski definition) is 4. The van der Waals surface area contributed by atoms with E-state index >= 15 is 0 Å². The van der Waals surface area contributed by atoms with E-state index in [1.165, 1.54) is 19.1 Å². The average Bonchev–Trinajstić information content (AvgIpc) is 2.29. The van der Waals surface area contributed by atoms with E-state index in [2.05, 4.69) is 9.13 Å². The molecule has 0 unspecified atom stereocenters. The molecule has 0 aliphatic heterocycles. The Labute approximate surface area is 107 Å². The highest BCUT2D eigenvalue weighted by Crippen LogP contribution is 2.13. The Morgan fingerprint density at radius 2 is 1.83 bits per heavy atom. The Balaban J connectivity index is 3.04. The molecule has 0 atom stereocenters. The Morgan fingerprint density at radius 1 is 1.28 bits per heavy atom. The standard InChI is InChI=1S/C12H15NO4S/c1-4-17-12(14)10(3)13-18(15,16)11-7-5-9(2)6-8-11/h5-8H,4H2,1-3H3. The average molecular weight is 269 g/mol. The summed E-state index contributed by atoms with van der Waals surface area (Å²) in [4.78, 5) is 11.3. The molecule has 18 heavy (non-hydrogen) atoms. The van der Waals surface area contributed by atoms with Gasteiger partial charge in [-0.3, -0.25) is 0 Å². The van der Waals surface area contributed by atoms with Crippen LogP contribution < -0.4 is 0 Å². The highest BCUT2D eigenvalue weighted by Gasteiger charge is 2.16. The number of benzene rings is 1. The first-order valence-corrected chi connectivity index (χ1v) is 6.86. The number of esters is 1. The quantitative estimate of drug-likeness (QED) is 0.616. The number of rotatable bonds is 4. The van der Waals surface area contributed by atoms with Gasteiger partial charge in [0.1, 0.15) is 5.71 Å². The van der Waals surface area contributed by atoms with Crippen molar-refractivity contribution in [3.05, 3.63) is 29.8 Å². The van der Waals surface area contributed by atoms with Crippen molar-refractivity contribution in [1.29, 1.82) is 0 Å². The van der Waals surface area contributed by atoms with E-state index in [1.54, 1.807) is 19.1 Å². The van der Waals surface area contributed by atoms with Crippen molar-refractivity contribution in [2.75, 3.05) is 6.61 Å². The molecule has 0 N–H and O–H groups in total. The predicted octanol–water partition coefficient (Wildman–Crippen LogP) is 1.71. The van der Waals surface area contributed by atoms with Gasteiger partial charge in [0.05, 0.1) is 11.5 Å². The molecule has 1 aromatic rings. The topological polar surface area (TPSA) is 72.8 Å². The molecular formula is C12H15NO4S. The van der Waals surface area contributed by atoms with Gasteiger partial charge in [-0.1, -0.05) is 17.7 Å². The van der Waals surface area contributed by atoms with E-state index in [0.717, 1.165) is 5.56 Å². The molecule has 0 bridgehead atoms. The Hall–Kier alpha value is -1.69. The number of aryl methyl sites for hydroxylation is 1. The van der Waals surface area contributed by atoms with Crippen molar-refractivity contribution in [3.63, 3.8) is 0 Å². The Bertz CT molecular complexity index is 558. The molecule has 98 valence electrons. The molecule has 1 rings (SSSR count). The van der Waals surface area contributed by atoms with Gasteiger partial charge in [0.2, 0.25) is 0 Å². The zero-order chi connectivity index (χ0) is 13.8. The number of ether oxygens (including phenoxy) is 1. The summed E-state index contributed by atoms with van der Waals surface area (Å²) < 4.78 is 31.8. The number of sulfonamides is 1. The highest BCUT2D eigenvalue weighted by atomic mass is 32.2. The van der Waals surface area contributed by atoms with Crippen LogP contribution in [0.5, 0.6) is 0 Å². The van der Waals surface area contributed by atoms with E-state index in [9.17, 15) is 13.2 Å². The second kappa shape index (κ2) is 5.77. The first-order chi connectivity index (χ1) is 8.36. The van der Waals surface area contributed by atoms with Crippen LogP contribution in [-0.2, 0) is 19.6 Å². The molecule has 0 amide bonds. The lowest BCUT2D eigenvalue weighted by molar-refractivity contribution is -0.135. The van der Waals surface area contributed by atoms with Crippen LogP contribution in [0.2, 0.25) is 0 Å². The molecule has 0 spiro atoms. The maximum atomic E-state index is 11.9. The molecule has 0 fully saturated rings. The van der Waals surface area contributed by atoms with Crippen molar-refractivity contribution in [1.82, 2.24) is 0 Å². The minimum absolute atomic E-state index is 0.0525. The molecule has 5 nitrogen and oxygen atoms in total. The SMILES string of the molecule is CCOC(=O)C(C)=NS(=O)(=O)c1ccc(C)cc1. The fourth-order valence-electron chi connectivity index (χ4n) is 1.22. The van der Waals surface area contributed by atoms with Gasteiger partial charge in [0, 0.05) is 0 Å². The number of nitrogens with zero attached hydrogens (tertiary/aromatic N) is 1. The molecule has 0 aromatic heterocycles. The van der Waals surface area contributed by atoms with E-state index in [4.69, 9.17) is 0 Å². The minimum Gasteiger partial charge on any atom is -0.461 e. The van der Waals surface area contributed by atoms with Gasteiger partial charge < -0.3 is 4.74 Å². The fraction of sp³-hybridized carbons (Fsp3) is 0.333. The van der Waals surface area contributed by atoms with Crippen molar-refractivity contribution in [3.8, 4) is 0 Å². The van der Waals surface area contributed by atoms with Crippen LogP contribution in [0.25, 0.3) is 0 Å². The van der Waals surface area contributed by atoms with Crippen LogP contribution in [0.3, 0.4) is 0 Å². The number of hydrogen-bond donors (Lipinski definition) is 0. The number of carbonyl (C=O) groups is 1. The van der Waals surface area contributed by atoms with Gasteiger partial charge in [-0.2, -0.15) is 12.8 Å². The molecule has 6 heteroatoms. The van der Waals surface area contributed by atoms with Gasteiger partial charge in [-0.05, 0) is 32.9 Å². The molecule has 0 radical (unpaired) electrons. The second-order valence-electron chi connectivity index (χ2n) is 3.69. The summed E-state index contributed by atoms with van der Waals surface area (Å²) in [5.41, 5.74) is 0.762. The van der Waals surface area contributed by atoms with Crippen LogP contribution in [-0.4, -0.2) is 26.7 Å². The molecule has 0 saturated carbocycles. The third-order valence-electron chi connectivity index (χ3n) is 2.15. The zero-order valence-corrected chi connectivity index (χ0v) is 11.3. The van der Waals surface area contributed by atoms with Crippen molar-refractivity contribution in [2.45, 2.75) is 25.7 Å². The summed E-state index contributed by atoms with van der Waals surface area (Å²) >= 11 is 0. The Kier molecular flexibility index (Phi) is 4.61. The van der Waals surface area contributed by atoms with E-state index in [0.29, 0.717) is 0 Å². The fourth-order valence-corrected chi connectivity index (χ4v) is 2.24. The van der Waals surface area contributed by atoms with Gasteiger partial charge >= 0.3 is 5.97 Å². The summed E-state index contributed by atoms with van der Waals surface area (Å²) in [6.45, 7) is 4.98. The summed E-state index contributed by atoms with van der Waals surface area (Å²) in [5, 5.41) is 0. The molecule has 0 heterocycles. The highest BCUT2D eigenvalue weighted by molar-refractivity contribution is 7.90. The smallest absolute Gasteiger partial charge is 0.353 e. The zero-order valence-electron chi connectivity index (χ0n) is 10.5. The van der Waals surface area contributed by atoms with Gasteiger partial charge in [-0.15, -0.1) is 0 Å². The van der Waals surface area contributed by atoms with Crippen molar-refractivity contribution < 1.29 is 17.9 Å². The summed E-state index contributed by atoms with van der Waals surface area (Å²) in [7, 11) is -3.85. The summed E-state index contributed by atoms with van der Waals surface area (Å²) in [6, 6.07) is 6.24. The van der Waals surface area contributed by atoms with Crippen LogP contribution >= 0.6 is 0 Å². The van der Waals surface area contributed by atoms with Crippen molar-refractivity contribution in [2.24, 2.45) is 4.40 Å². The van der Waals surface area contributed by atoms with E-state index in [1.807, 2.05) is 6.92 Å². The van der Waals surface area contributed by atoms with Crippen molar-refractivity contribution >= 4 is 21.7 Å². The monoisotopic (exact) mass is 269 g/mol. The van der Waals surface area contributed by atoms with E-state index < -0.39 is 16.0 Å². The van der Waals surface area contributed by atoms with E-state index in [-0.39, 0.29) is 17.2 Å². The Morgan fingerprint density at radius 3 is 2.33 bits per heavy atom. The normalized spacial score (nSPS) is 12.3. The first-order valence-electron chi connectivity index (χ1n) is 5.42. The van der Waals surface area contributed by atoms with Gasteiger partial charge in [0.15, 0.2) is 0 Å². The second-order valence-corrected chi connectivity index (χ2v) is 5.29. The maximum Gasteiger partial charge on any atom is 0.353 e. The third kappa shape index (κ3) is 3.66. The lowest BCUT2D eigenvalue weighted by Gasteiger charge is -2.02. The van der Waals surface area contributed by atoms with Crippen LogP contribution in [0.15, 0.2) is 33.6 Å². The lowest BCUT2D eigenvalue weighted by Crippen LogP contribution is -2.16. The predicted molar refractivity (Wildman–Crippen MR) is 68.1 cm³/mol. The van der Waals surface area contributed by atoms with Crippen LogP contribution in [0.1, 0.15) is 19.4 Å². The van der Waals surface area contributed by atoms with Gasteiger partial charge in [0.25, 0.3) is 10.0 Å². The van der Waals surface area contributed by atoms with Crippen LogP contribution in [0, 0.1) is 6.92 Å². The third-order valence-corrected chi connectivity index (χ3v) is 3.53. The summed E-state index contributed by atoms with van der Waals surface area (Å²) in [6.07, 6.45) is 0. The van der Waals surface area contributed by atoms with Gasteiger partial charge in [-0.25, -0.2) is 4.79 Å². The molecule has 0 saturated heterocycles. The van der Waals surface area contributed by atoms with Crippen LogP contribution in [0.4, 0.5) is 0 Å². The lowest BCUT2D eigenvalue weighted by atomic mass is 10.2. The molecule has 0 aliphatic carbocycles. The first kappa shape index (κ1) is 14.4. The summed E-state index contributed by atoms with van der Waals surface area (Å²) in [5.74, 6) is -0.729.